The van der Waals surface area contributed by atoms with Crippen LogP contribution in [0.1, 0.15) is 23.7 Å². The molecule has 3 rings (SSSR count). The molecule has 1 aromatic carbocycles. The van der Waals surface area contributed by atoms with Gasteiger partial charge >= 0.3 is 0 Å². The van der Waals surface area contributed by atoms with Crippen molar-refractivity contribution in [1.29, 1.82) is 5.41 Å². The molecule has 3 aromatic rings. The van der Waals surface area contributed by atoms with E-state index in [4.69, 9.17) is 5.41 Å². The Balaban J connectivity index is 2.22. The third-order valence-corrected chi connectivity index (χ3v) is 4.44. The number of benzene rings is 1. The number of nitrogens with zero attached hydrogens (tertiary/aromatic N) is 3. The summed E-state index contributed by atoms with van der Waals surface area (Å²) in [5.74, 6) is 0.827. The zero-order valence-corrected chi connectivity index (χ0v) is 14.1. The van der Waals surface area contributed by atoms with E-state index in [9.17, 15) is 0 Å². The molecular weight excluding hydrogens is 284 g/mol. The molecular formula is C19H22N4. The maximum absolute atomic E-state index is 8.19. The molecule has 0 radical (unpaired) electrons. The second kappa shape index (κ2) is 5.88. The van der Waals surface area contributed by atoms with Crippen molar-refractivity contribution < 1.29 is 0 Å². The first-order chi connectivity index (χ1) is 11.0. The van der Waals surface area contributed by atoms with Crippen LogP contribution in [-0.4, -0.2) is 22.0 Å². The maximum atomic E-state index is 8.19. The van der Waals surface area contributed by atoms with Crippen LogP contribution in [0, 0.1) is 19.3 Å². The van der Waals surface area contributed by atoms with Crippen molar-refractivity contribution in [1.82, 2.24) is 9.13 Å². The molecule has 0 spiro atoms. The Hall–Kier alpha value is -2.62. The molecule has 0 aliphatic heterocycles. The minimum atomic E-state index is 0.452. The summed E-state index contributed by atoms with van der Waals surface area (Å²) in [5.41, 5.74) is 6.41. The fourth-order valence-electron chi connectivity index (χ4n) is 3.01. The second-order valence-electron chi connectivity index (χ2n) is 5.89. The first-order valence-electron chi connectivity index (χ1n) is 7.77. The molecule has 23 heavy (non-hydrogen) atoms. The first kappa shape index (κ1) is 15.3. The SMILES string of the molecule is CN=C(C)n1c(=N)ccc2c1cc(C)n2Cc1ccccc1C. The largest absolute Gasteiger partial charge is 0.339 e. The van der Waals surface area contributed by atoms with Crippen molar-refractivity contribution in [3.63, 3.8) is 0 Å². The van der Waals surface area contributed by atoms with E-state index in [2.05, 4.69) is 53.7 Å². The number of aryl methyl sites for hydroxylation is 2. The molecule has 0 atom stereocenters. The second-order valence-corrected chi connectivity index (χ2v) is 5.89. The summed E-state index contributed by atoms with van der Waals surface area (Å²) in [7, 11) is 1.76. The molecule has 4 heteroatoms. The van der Waals surface area contributed by atoms with Crippen LogP contribution in [0.3, 0.4) is 0 Å². The van der Waals surface area contributed by atoms with Crippen molar-refractivity contribution in [3.8, 4) is 0 Å². The highest BCUT2D eigenvalue weighted by Crippen LogP contribution is 2.21. The molecule has 1 N–H and O–H groups in total. The van der Waals surface area contributed by atoms with Crippen molar-refractivity contribution in [2.24, 2.45) is 4.99 Å². The van der Waals surface area contributed by atoms with E-state index in [0.29, 0.717) is 5.49 Å². The Morgan fingerprint density at radius 1 is 1.09 bits per heavy atom. The zero-order valence-electron chi connectivity index (χ0n) is 14.1. The fraction of sp³-hybridized carbons (Fsp3) is 0.263. The average molecular weight is 306 g/mol. The molecule has 118 valence electrons. The highest BCUT2D eigenvalue weighted by atomic mass is 15.1. The Morgan fingerprint density at radius 2 is 1.83 bits per heavy atom. The van der Waals surface area contributed by atoms with Gasteiger partial charge < -0.3 is 4.57 Å². The van der Waals surface area contributed by atoms with Crippen LogP contribution in [0.2, 0.25) is 0 Å². The lowest BCUT2D eigenvalue weighted by atomic mass is 10.1. The smallest absolute Gasteiger partial charge is 0.130 e. The van der Waals surface area contributed by atoms with Crippen molar-refractivity contribution in [2.45, 2.75) is 27.3 Å². The van der Waals surface area contributed by atoms with Crippen LogP contribution >= 0.6 is 0 Å². The number of rotatable bonds is 2. The number of aromatic nitrogens is 2. The van der Waals surface area contributed by atoms with Crippen LogP contribution in [0.5, 0.6) is 0 Å². The molecule has 0 unspecified atom stereocenters. The van der Waals surface area contributed by atoms with Gasteiger partial charge in [0.2, 0.25) is 0 Å². The predicted molar refractivity (Wildman–Crippen MR) is 95.2 cm³/mol. The molecule has 2 aromatic heterocycles. The number of hydrogen-bond acceptors (Lipinski definition) is 2. The van der Waals surface area contributed by atoms with E-state index in [0.717, 1.165) is 23.4 Å². The molecule has 0 aliphatic rings. The highest BCUT2D eigenvalue weighted by Gasteiger charge is 2.12. The number of fused-ring (bicyclic) bond motifs is 1. The van der Waals surface area contributed by atoms with Gasteiger partial charge in [-0.15, -0.1) is 0 Å². The van der Waals surface area contributed by atoms with Crippen LogP contribution in [0.25, 0.3) is 11.0 Å². The van der Waals surface area contributed by atoms with Gasteiger partial charge in [0, 0.05) is 19.3 Å². The number of aliphatic imine (C=N–C) groups is 1. The van der Waals surface area contributed by atoms with E-state index in [1.807, 2.05) is 23.6 Å². The Bertz CT molecular complexity index is 957. The first-order valence-corrected chi connectivity index (χ1v) is 7.77. The van der Waals surface area contributed by atoms with Crippen LogP contribution in [-0.2, 0) is 6.54 Å². The van der Waals surface area contributed by atoms with Gasteiger partial charge in [-0.2, -0.15) is 0 Å². The van der Waals surface area contributed by atoms with Gasteiger partial charge in [-0.3, -0.25) is 15.0 Å². The highest BCUT2D eigenvalue weighted by molar-refractivity contribution is 5.92. The maximum Gasteiger partial charge on any atom is 0.130 e. The normalized spacial score (nSPS) is 12.1. The van der Waals surface area contributed by atoms with Gasteiger partial charge in [0.05, 0.1) is 11.0 Å². The zero-order chi connectivity index (χ0) is 16.6. The lowest BCUT2D eigenvalue weighted by molar-refractivity contribution is 0.798. The number of pyridine rings is 1. The van der Waals surface area contributed by atoms with E-state index >= 15 is 0 Å². The van der Waals surface area contributed by atoms with Crippen molar-refractivity contribution in [2.75, 3.05) is 7.05 Å². The molecule has 0 amide bonds. The summed E-state index contributed by atoms with van der Waals surface area (Å²) in [4.78, 5) is 4.26. The average Bonchev–Trinajstić information content (AvgIpc) is 2.84. The molecule has 4 nitrogen and oxygen atoms in total. The molecule has 2 heterocycles. The molecule has 0 bridgehead atoms. The molecule has 0 saturated carbocycles. The quantitative estimate of drug-likeness (QED) is 0.556. The van der Waals surface area contributed by atoms with Gasteiger partial charge in [0.15, 0.2) is 0 Å². The molecule has 0 aliphatic carbocycles. The summed E-state index contributed by atoms with van der Waals surface area (Å²) in [6, 6.07) is 14.5. The minimum absolute atomic E-state index is 0.452. The van der Waals surface area contributed by atoms with Gasteiger partial charge in [-0.25, -0.2) is 0 Å². The van der Waals surface area contributed by atoms with Gasteiger partial charge in [0.25, 0.3) is 0 Å². The minimum Gasteiger partial charge on any atom is -0.339 e. The summed E-state index contributed by atoms with van der Waals surface area (Å²) in [5, 5.41) is 8.19. The summed E-state index contributed by atoms with van der Waals surface area (Å²) < 4.78 is 4.20. The monoisotopic (exact) mass is 306 g/mol. The lowest BCUT2D eigenvalue weighted by Crippen LogP contribution is -2.24. The van der Waals surface area contributed by atoms with Crippen molar-refractivity contribution >= 4 is 16.9 Å². The van der Waals surface area contributed by atoms with E-state index < -0.39 is 0 Å². The molecule has 0 saturated heterocycles. The van der Waals surface area contributed by atoms with Crippen LogP contribution < -0.4 is 5.49 Å². The van der Waals surface area contributed by atoms with E-state index in [1.54, 1.807) is 7.05 Å². The Kier molecular flexibility index (Phi) is 3.90. The van der Waals surface area contributed by atoms with Gasteiger partial charge in [0.1, 0.15) is 11.3 Å². The van der Waals surface area contributed by atoms with Crippen molar-refractivity contribution in [3.05, 3.63) is 64.8 Å². The summed E-state index contributed by atoms with van der Waals surface area (Å²) in [6.45, 7) is 7.03. The summed E-state index contributed by atoms with van der Waals surface area (Å²) in [6.07, 6.45) is 0. The summed E-state index contributed by atoms with van der Waals surface area (Å²) >= 11 is 0. The van der Waals surface area contributed by atoms with Gasteiger partial charge in [-0.05, 0) is 50.1 Å². The fourth-order valence-corrected chi connectivity index (χ4v) is 3.01. The Labute approximate surface area is 136 Å². The Morgan fingerprint density at radius 3 is 2.52 bits per heavy atom. The number of hydrogen-bond donors (Lipinski definition) is 1. The molecule has 0 fully saturated rings. The number of nitrogens with one attached hydrogen (secondary N) is 1. The predicted octanol–water partition coefficient (Wildman–Crippen LogP) is 3.48. The van der Waals surface area contributed by atoms with Gasteiger partial charge in [-0.1, -0.05) is 24.3 Å². The third-order valence-electron chi connectivity index (χ3n) is 4.44. The third kappa shape index (κ3) is 2.61. The van der Waals surface area contributed by atoms with Crippen LogP contribution in [0.4, 0.5) is 0 Å². The standard InChI is InChI=1S/C19H22N4/c1-13-7-5-6-8-16(13)12-22-14(2)11-18-17(22)9-10-19(20)23(18)15(3)21-4/h5-11,20H,12H2,1-4H3. The van der Waals surface area contributed by atoms with Crippen LogP contribution in [0.15, 0.2) is 47.5 Å². The lowest BCUT2D eigenvalue weighted by Gasteiger charge is -2.12. The van der Waals surface area contributed by atoms with E-state index in [1.165, 1.54) is 16.8 Å². The van der Waals surface area contributed by atoms with E-state index in [-0.39, 0.29) is 0 Å². The topological polar surface area (TPSA) is 46.1 Å².